The summed E-state index contributed by atoms with van der Waals surface area (Å²) in [5.74, 6) is 0. The highest BCUT2D eigenvalue weighted by molar-refractivity contribution is 5.24. The van der Waals surface area contributed by atoms with Crippen molar-refractivity contribution in [2.75, 3.05) is 0 Å². The van der Waals surface area contributed by atoms with E-state index in [-0.39, 0.29) is 16.6 Å². The average molecular weight is 197 g/mol. The van der Waals surface area contributed by atoms with Gasteiger partial charge in [0.2, 0.25) is 0 Å². The number of aliphatic hydroxyl groups is 1. The van der Waals surface area contributed by atoms with Crippen molar-refractivity contribution in [3.63, 3.8) is 0 Å². The van der Waals surface area contributed by atoms with Crippen LogP contribution in [0.4, 0.5) is 0 Å². The van der Waals surface area contributed by atoms with Gasteiger partial charge in [-0.1, -0.05) is 0 Å². The van der Waals surface area contributed by atoms with Crippen LogP contribution in [0.1, 0.15) is 38.5 Å². The zero-order valence-electron chi connectivity index (χ0n) is 8.42. The molecule has 0 aromatic carbocycles. The van der Waals surface area contributed by atoms with Gasteiger partial charge in [-0.2, -0.15) is 0 Å². The van der Waals surface area contributed by atoms with E-state index in [2.05, 4.69) is 0 Å². The Bertz CT molecular complexity index is 208. The molecule has 7 N–H and O–H groups in total. The first kappa shape index (κ1) is 9.09. The summed E-state index contributed by atoms with van der Waals surface area (Å²) >= 11 is 0. The predicted octanol–water partition coefficient (Wildman–Crippen LogP) is -0.809. The highest BCUT2D eigenvalue weighted by atomic mass is 16.3. The van der Waals surface area contributed by atoms with Gasteiger partial charge in [0.05, 0.1) is 5.60 Å². The number of hydrogen-bond donors (Lipinski definition) is 4. The lowest BCUT2D eigenvalue weighted by Gasteiger charge is -2.66. The minimum Gasteiger partial charge on any atom is -0.390 e. The van der Waals surface area contributed by atoms with E-state index >= 15 is 0 Å². The molecule has 0 amide bonds. The van der Waals surface area contributed by atoms with Gasteiger partial charge < -0.3 is 22.3 Å². The second kappa shape index (κ2) is 2.02. The molecule has 4 nitrogen and oxygen atoms in total. The molecule has 4 bridgehead atoms. The molecule has 0 saturated heterocycles. The van der Waals surface area contributed by atoms with Gasteiger partial charge in [0.15, 0.2) is 0 Å². The van der Waals surface area contributed by atoms with Gasteiger partial charge in [-0.3, -0.25) is 0 Å². The minimum atomic E-state index is -0.688. The molecule has 0 aromatic heterocycles. The van der Waals surface area contributed by atoms with Gasteiger partial charge in [0.1, 0.15) is 0 Å². The molecular weight excluding hydrogens is 178 g/mol. The van der Waals surface area contributed by atoms with Crippen molar-refractivity contribution in [2.24, 2.45) is 17.2 Å². The number of rotatable bonds is 0. The molecule has 0 heterocycles. The van der Waals surface area contributed by atoms with E-state index in [4.69, 9.17) is 17.2 Å². The van der Waals surface area contributed by atoms with Crippen LogP contribution >= 0.6 is 0 Å². The maximum Gasteiger partial charge on any atom is 0.0700 e. The van der Waals surface area contributed by atoms with E-state index in [1.807, 2.05) is 0 Å². The molecule has 0 aromatic rings. The maximum absolute atomic E-state index is 10.4. The third-order valence-corrected chi connectivity index (χ3v) is 4.16. The van der Waals surface area contributed by atoms with E-state index in [0.717, 1.165) is 19.3 Å². The summed E-state index contributed by atoms with van der Waals surface area (Å²) < 4.78 is 0. The Morgan fingerprint density at radius 2 is 0.929 bits per heavy atom. The van der Waals surface area contributed by atoms with Crippen molar-refractivity contribution in [3.8, 4) is 0 Å². The molecule has 80 valence electrons. The van der Waals surface area contributed by atoms with Crippen molar-refractivity contribution in [1.29, 1.82) is 0 Å². The Labute approximate surface area is 83.8 Å². The van der Waals surface area contributed by atoms with Crippen LogP contribution in [0.3, 0.4) is 0 Å². The normalized spacial score (nSPS) is 66.0. The zero-order valence-corrected chi connectivity index (χ0v) is 8.42. The first-order chi connectivity index (χ1) is 6.24. The highest BCUT2D eigenvalue weighted by Gasteiger charge is 2.65. The standard InChI is InChI=1S/C10H19N3O/c11-7-1-8(12)3-9(13,2-7)6-10(14,4-7)5-8/h14H,1-6,11-13H2. The summed E-state index contributed by atoms with van der Waals surface area (Å²) in [4.78, 5) is 0. The molecule has 0 spiro atoms. The predicted molar refractivity (Wildman–Crippen MR) is 53.4 cm³/mol. The molecule has 4 fully saturated rings. The Morgan fingerprint density at radius 3 is 1.14 bits per heavy atom. The lowest BCUT2D eigenvalue weighted by atomic mass is 9.46. The van der Waals surface area contributed by atoms with Crippen molar-refractivity contribution < 1.29 is 5.11 Å². The molecular formula is C10H19N3O. The second-order valence-corrected chi connectivity index (χ2v) is 6.37. The van der Waals surface area contributed by atoms with Crippen LogP contribution in [0, 0.1) is 0 Å². The maximum atomic E-state index is 10.4. The van der Waals surface area contributed by atoms with Crippen molar-refractivity contribution >= 4 is 0 Å². The van der Waals surface area contributed by atoms with Gasteiger partial charge in [0.25, 0.3) is 0 Å². The Balaban J connectivity index is 2.08. The van der Waals surface area contributed by atoms with E-state index in [9.17, 15) is 5.11 Å². The van der Waals surface area contributed by atoms with E-state index < -0.39 is 5.60 Å². The first-order valence-electron chi connectivity index (χ1n) is 5.33. The second-order valence-electron chi connectivity index (χ2n) is 6.37. The van der Waals surface area contributed by atoms with Gasteiger partial charge >= 0.3 is 0 Å². The smallest absolute Gasteiger partial charge is 0.0700 e. The summed E-state index contributed by atoms with van der Waals surface area (Å²) in [5, 5.41) is 10.4. The quantitative estimate of drug-likeness (QED) is 0.408. The molecule has 4 heteroatoms. The monoisotopic (exact) mass is 197 g/mol. The summed E-state index contributed by atoms with van der Waals surface area (Å²) in [5.41, 5.74) is 17.1. The molecule has 4 saturated carbocycles. The first-order valence-corrected chi connectivity index (χ1v) is 5.33. The fraction of sp³-hybridized carbons (Fsp3) is 1.00. The van der Waals surface area contributed by atoms with Gasteiger partial charge in [0, 0.05) is 16.6 Å². The Hall–Kier alpha value is -0.160. The number of nitrogens with two attached hydrogens (primary N) is 3. The van der Waals surface area contributed by atoms with Crippen molar-refractivity contribution in [2.45, 2.75) is 60.7 Å². The fourth-order valence-corrected chi connectivity index (χ4v) is 4.82. The molecule has 4 rings (SSSR count). The minimum absolute atomic E-state index is 0.312. The van der Waals surface area contributed by atoms with Crippen molar-refractivity contribution in [1.82, 2.24) is 0 Å². The molecule has 14 heavy (non-hydrogen) atoms. The van der Waals surface area contributed by atoms with E-state index in [1.54, 1.807) is 0 Å². The van der Waals surface area contributed by atoms with Crippen LogP contribution in [0.25, 0.3) is 0 Å². The molecule has 0 aliphatic heterocycles. The zero-order chi connectivity index (χ0) is 10.2. The van der Waals surface area contributed by atoms with Crippen LogP contribution in [0.5, 0.6) is 0 Å². The van der Waals surface area contributed by atoms with Crippen LogP contribution in [-0.2, 0) is 0 Å². The number of hydrogen-bond acceptors (Lipinski definition) is 4. The summed E-state index contributed by atoms with van der Waals surface area (Å²) in [6.07, 6.45) is 4.50. The third-order valence-electron chi connectivity index (χ3n) is 4.16. The molecule has 0 radical (unpaired) electrons. The van der Waals surface area contributed by atoms with Gasteiger partial charge in [-0.25, -0.2) is 0 Å². The lowest BCUT2D eigenvalue weighted by molar-refractivity contribution is -0.149. The van der Waals surface area contributed by atoms with Crippen LogP contribution in [-0.4, -0.2) is 27.3 Å². The Morgan fingerprint density at radius 1 is 0.643 bits per heavy atom. The highest BCUT2D eigenvalue weighted by Crippen LogP contribution is 2.58. The molecule has 4 aliphatic rings. The van der Waals surface area contributed by atoms with E-state index in [1.165, 1.54) is 0 Å². The topological polar surface area (TPSA) is 98.3 Å². The van der Waals surface area contributed by atoms with Gasteiger partial charge in [-0.05, 0) is 38.5 Å². The van der Waals surface area contributed by atoms with Crippen LogP contribution < -0.4 is 17.2 Å². The van der Waals surface area contributed by atoms with Crippen LogP contribution in [0.15, 0.2) is 0 Å². The van der Waals surface area contributed by atoms with Crippen molar-refractivity contribution in [3.05, 3.63) is 0 Å². The largest absolute Gasteiger partial charge is 0.390 e. The molecule has 4 aliphatic carbocycles. The summed E-state index contributed by atoms with van der Waals surface area (Å²) in [6, 6.07) is 0. The van der Waals surface area contributed by atoms with E-state index in [0.29, 0.717) is 19.3 Å². The Kier molecular flexibility index (Phi) is 1.31. The molecule has 0 unspecified atom stereocenters. The lowest BCUT2D eigenvalue weighted by Crippen LogP contribution is -2.78. The van der Waals surface area contributed by atoms with Crippen LogP contribution in [0.2, 0.25) is 0 Å². The average Bonchev–Trinajstić information content (AvgIpc) is 1.67. The summed E-state index contributed by atoms with van der Waals surface area (Å²) in [7, 11) is 0. The van der Waals surface area contributed by atoms with Gasteiger partial charge in [-0.15, -0.1) is 0 Å². The fourth-order valence-electron chi connectivity index (χ4n) is 4.82. The SMILES string of the molecule is NC12CC3(N)CC(N)(C1)CC(O)(C2)C3. The molecule has 0 atom stereocenters. The summed E-state index contributed by atoms with van der Waals surface area (Å²) in [6.45, 7) is 0. The third kappa shape index (κ3) is 1.08.